The van der Waals surface area contributed by atoms with E-state index in [0.717, 1.165) is 17.0 Å². The summed E-state index contributed by atoms with van der Waals surface area (Å²) in [7, 11) is 0. The van der Waals surface area contributed by atoms with Crippen molar-refractivity contribution in [2.45, 2.75) is 13.3 Å². The molecule has 1 amide bonds. The monoisotopic (exact) mass is 400 g/mol. The standard InChI is InChI=1S/C19H17FN4OS2/c1-2-12-3-5-13(6-4-12)18-22-16(11-27-18)17(25)23-24-19(26)21-15-9-7-14(20)8-10-15/h3-11H,2H2,1H3,(H,23,25)(H2,21,24,26). The fraction of sp³-hybridized carbons (Fsp3) is 0.105. The molecule has 5 nitrogen and oxygen atoms in total. The van der Waals surface area contributed by atoms with Crippen LogP contribution in [-0.2, 0) is 6.42 Å². The van der Waals surface area contributed by atoms with Crippen molar-refractivity contribution in [3.05, 3.63) is 71.0 Å². The number of hydrogen-bond donors (Lipinski definition) is 3. The first-order valence-electron chi connectivity index (χ1n) is 8.23. The lowest BCUT2D eigenvalue weighted by Crippen LogP contribution is -2.43. The number of thiocarbonyl (C=S) groups is 1. The van der Waals surface area contributed by atoms with Gasteiger partial charge in [-0.15, -0.1) is 11.3 Å². The summed E-state index contributed by atoms with van der Waals surface area (Å²) < 4.78 is 12.9. The van der Waals surface area contributed by atoms with Crippen LogP contribution in [0.2, 0.25) is 0 Å². The highest BCUT2D eigenvalue weighted by Gasteiger charge is 2.12. The van der Waals surface area contributed by atoms with Gasteiger partial charge in [-0.25, -0.2) is 9.37 Å². The molecule has 0 aliphatic rings. The maximum atomic E-state index is 12.9. The van der Waals surface area contributed by atoms with Crippen molar-refractivity contribution in [2.75, 3.05) is 5.32 Å². The third-order valence-corrected chi connectivity index (χ3v) is 4.83. The Morgan fingerprint density at radius 3 is 2.48 bits per heavy atom. The van der Waals surface area contributed by atoms with Crippen molar-refractivity contribution in [3.8, 4) is 10.6 Å². The van der Waals surface area contributed by atoms with E-state index in [0.29, 0.717) is 11.4 Å². The van der Waals surface area contributed by atoms with Gasteiger partial charge in [-0.1, -0.05) is 31.2 Å². The largest absolute Gasteiger partial charge is 0.331 e. The second-order valence-electron chi connectivity index (χ2n) is 5.63. The average molecular weight is 401 g/mol. The Morgan fingerprint density at radius 1 is 1.11 bits per heavy atom. The number of benzene rings is 2. The number of nitrogens with one attached hydrogen (secondary N) is 3. The Balaban J connectivity index is 1.55. The van der Waals surface area contributed by atoms with E-state index in [2.05, 4.69) is 40.2 Å². The molecule has 0 unspecified atom stereocenters. The minimum Gasteiger partial charge on any atom is -0.331 e. The molecule has 1 heterocycles. The second-order valence-corrected chi connectivity index (χ2v) is 6.89. The van der Waals surface area contributed by atoms with Crippen molar-refractivity contribution >= 4 is 40.3 Å². The Hall–Kier alpha value is -2.84. The summed E-state index contributed by atoms with van der Waals surface area (Å²) in [6.07, 6.45) is 0.976. The van der Waals surface area contributed by atoms with E-state index in [1.807, 2.05) is 12.1 Å². The molecule has 0 aliphatic heterocycles. The molecule has 0 radical (unpaired) electrons. The topological polar surface area (TPSA) is 66.0 Å². The molecular weight excluding hydrogens is 383 g/mol. The minimum atomic E-state index is -0.397. The van der Waals surface area contributed by atoms with Gasteiger partial charge in [-0.2, -0.15) is 0 Å². The summed E-state index contributed by atoms with van der Waals surface area (Å²) in [5.74, 6) is -0.734. The molecular formula is C19H17FN4OS2. The zero-order valence-electron chi connectivity index (χ0n) is 14.5. The summed E-state index contributed by atoms with van der Waals surface area (Å²) in [5.41, 5.74) is 8.21. The van der Waals surface area contributed by atoms with Gasteiger partial charge in [0.2, 0.25) is 0 Å². The summed E-state index contributed by atoms with van der Waals surface area (Å²) in [6, 6.07) is 13.8. The lowest BCUT2D eigenvalue weighted by Gasteiger charge is -2.10. The fourth-order valence-electron chi connectivity index (χ4n) is 2.27. The third kappa shape index (κ3) is 5.08. The second kappa shape index (κ2) is 8.70. The van der Waals surface area contributed by atoms with Crippen LogP contribution in [0.3, 0.4) is 0 Å². The summed E-state index contributed by atoms with van der Waals surface area (Å²) >= 11 is 6.49. The van der Waals surface area contributed by atoms with E-state index in [1.165, 1.54) is 29.0 Å². The van der Waals surface area contributed by atoms with Gasteiger partial charge in [0.15, 0.2) is 5.11 Å². The molecule has 3 aromatic rings. The Morgan fingerprint density at radius 2 is 1.81 bits per heavy atom. The number of rotatable bonds is 4. The maximum absolute atomic E-state index is 12.9. The van der Waals surface area contributed by atoms with Crippen molar-refractivity contribution in [1.82, 2.24) is 15.8 Å². The van der Waals surface area contributed by atoms with E-state index >= 15 is 0 Å². The molecule has 0 aliphatic carbocycles. The minimum absolute atomic E-state index is 0.181. The number of anilines is 1. The predicted octanol–water partition coefficient (Wildman–Crippen LogP) is 4.14. The van der Waals surface area contributed by atoms with Crippen molar-refractivity contribution in [1.29, 1.82) is 0 Å². The van der Waals surface area contributed by atoms with E-state index in [-0.39, 0.29) is 10.9 Å². The molecule has 0 atom stereocenters. The molecule has 0 fully saturated rings. The van der Waals surface area contributed by atoms with Crippen molar-refractivity contribution < 1.29 is 9.18 Å². The summed E-state index contributed by atoms with van der Waals surface area (Å²) in [6.45, 7) is 2.10. The Kier molecular flexibility index (Phi) is 6.10. The molecule has 0 saturated carbocycles. The van der Waals surface area contributed by atoms with Crippen LogP contribution >= 0.6 is 23.6 Å². The van der Waals surface area contributed by atoms with Crippen LogP contribution in [0.5, 0.6) is 0 Å². The number of hydrogen-bond acceptors (Lipinski definition) is 4. The molecule has 0 spiro atoms. The SMILES string of the molecule is CCc1ccc(-c2nc(C(=O)NNC(=S)Nc3ccc(F)cc3)cs2)cc1. The quantitative estimate of drug-likeness (QED) is 0.454. The Bertz CT molecular complexity index is 939. The number of carbonyl (C=O) groups excluding carboxylic acids is 1. The van der Waals surface area contributed by atoms with Gasteiger partial charge in [0.05, 0.1) is 0 Å². The van der Waals surface area contributed by atoms with Gasteiger partial charge in [0, 0.05) is 16.6 Å². The zero-order valence-corrected chi connectivity index (χ0v) is 16.1. The van der Waals surface area contributed by atoms with E-state index < -0.39 is 5.91 Å². The van der Waals surface area contributed by atoms with Crippen molar-refractivity contribution in [3.63, 3.8) is 0 Å². The number of carbonyl (C=O) groups is 1. The van der Waals surface area contributed by atoms with Crippen LogP contribution in [0, 0.1) is 5.82 Å². The average Bonchev–Trinajstić information content (AvgIpc) is 3.18. The molecule has 3 rings (SSSR count). The first-order valence-corrected chi connectivity index (χ1v) is 9.51. The molecule has 1 aromatic heterocycles. The van der Waals surface area contributed by atoms with Crippen molar-refractivity contribution in [2.24, 2.45) is 0 Å². The number of amides is 1. The highest BCUT2D eigenvalue weighted by atomic mass is 32.1. The van der Waals surface area contributed by atoms with Crippen LogP contribution < -0.4 is 16.2 Å². The molecule has 8 heteroatoms. The number of thiazole rings is 1. The van der Waals surface area contributed by atoms with Gasteiger partial charge in [-0.05, 0) is 48.5 Å². The van der Waals surface area contributed by atoms with Gasteiger partial charge in [0.25, 0.3) is 5.91 Å². The van der Waals surface area contributed by atoms with Gasteiger partial charge >= 0.3 is 0 Å². The van der Waals surface area contributed by atoms with Crippen LogP contribution in [0.25, 0.3) is 10.6 Å². The Labute approximate surface area is 165 Å². The van der Waals surface area contributed by atoms with E-state index in [1.54, 1.807) is 17.5 Å². The first kappa shape index (κ1) is 18.9. The van der Waals surface area contributed by atoms with Gasteiger partial charge in [0.1, 0.15) is 16.5 Å². The van der Waals surface area contributed by atoms with Gasteiger partial charge in [-0.3, -0.25) is 15.6 Å². The van der Waals surface area contributed by atoms with Gasteiger partial charge < -0.3 is 5.32 Å². The predicted molar refractivity (Wildman–Crippen MR) is 110 cm³/mol. The zero-order chi connectivity index (χ0) is 19.2. The number of aryl methyl sites for hydroxylation is 1. The first-order chi connectivity index (χ1) is 13.0. The van der Waals surface area contributed by atoms with E-state index in [4.69, 9.17) is 12.2 Å². The highest BCUT2D eigenvalue weighted by Crippen LogP contribution is 2.24. The molecule has 3 N–H and O–H groups in total. The lowest BCUT2D eigenvalue weighted by molar-refractivity contribution is 0.0940. The summed E-state index contributed by atoms with van der Waals surface area (Å²) in [5, 5.41) is 5.48. The van der Waals surface area contributed by atoms with Crippen LogP contribution in [0.4, 0.5) is 10.1 Å². The molecule has 0 bridgehead atoms. The molecule has 0 saturated heterocycles. The smallest absolute Gasteiger partial charge is 0.289 e. The fourth-order valence-corrected chi connectivity index (χ4v) is 3.24. The van der Waals surface area contributed by atoms with E-state index in [9.17, 15) is 9.18 Å². The number of nitrogens with zero attached hydrogens (tertiary/aromatic N) is 1. The molecule has 138 valence electrons. The number of aromatic nitrogens is 1. The van der Waals surface area contributed by atoms with Crippen LogP contribution in [0.15, 0.2) is 53.9 Å². The number of halogens is 1. The van der Waals surface area contributed by atoms with Crippen LogP contribution in [0.1, 0.15) is 23.0 Å². The maximum Gasteiger partial charge on any atom is 0.289 e. The molecule has 27 heavy (non-hydrogen) atoms. The van der Waals surface area contributed by atoms with Crippen LogP contribution in [-0.4, -0.2) is 16.0 Å². The highest BCUT2D eigenvalue weighted by molar-refractivity contribution is 7.80. The molecule has 2 aromatic carbocycles. The third-order valence-electron chi connectivity index (χ3n) is 3.74. The lowest BCUT2D eigenvalue weighted by atomic mass is 10.1. The summed E-state index contributed by atoms with van der Waals surface area (Å²) in [4.78, 5) is 16.6. The number of hydrazine groups is 1. The normalized spacial score (nSPS) is 10.3.